The van der Waals surface area contributed by atoms with Gasteiger partial charge in [0.2, 0.25) is 0 Å². The van der Waals surface area contributed by atoms with Crippen LogP contribution in [0.1, 0.15) is 60.5 Å². The van der Waals surface area contributed by atoms with Gasteiger partial charge in [-0.2, -0.15) is 0 Å². The Kier molecular flexibility index (Phi) is 9.41. The first-order valence-electron chi connectivity index (χ1n) is 13.8. The van der Waals surface area contributed by atoms with Gasteiger partial charge in [-0.3, -0.25) is 0 Å². The van der Waals surface area contributed by atoms with Crippen LogP contribution >= 0.6 is 0 Å². The van der Waals surface area contributed by atoms with E-state index in [1.54, 1.807) is 12.1 Å². The van der Waals surface area contributed by atoms with Gasteiger partial charge in [0.25, 0.3) is 0 Å². The molecule has 4 aromatic rings. The third-order valence-electron chi connectivity index (χ3n) is 8.29. The summed E-state index contributed by atoms with van der Waals surface area (Å²) in [5.74, 6) is 0.459. The summed E-state index contributed by atoms with van der Waals surface area (Å²) < 4.78 is 3.83. The Balaban J connectivity index is 0.00000185. The van der Waals surface area contributed by atoms with Gasteiger partial charge in [0.05, 0.1) is 0 Å². The van der Waals surface area contributed by atoms with Gasteiger partial charge < -0.3 is 24.8 Å². The first-order valence-corrected chi connectivity index (χ1v) is 17.7. The maximum atomic E-state index is 2.59. The van der Waals surface area contributed by atoms with Crippen LogP contribution in [0, 0.1) is 11.3 Å². The zero-order valence-corrected chi connectivity index (χ0v) is 27.9. The Morgan fingerprint density at radius 2 is 1.05 bits per heavy atom. The quantitative estimate of drug-likeness (QED) is 0.320. The second-order valence-corrected chi connectivity index (χ2v) is 17.8. The van der Waals surface area contributed by atoms with E-state index in [1.807, 2.05) is 0 Å². The number of halogens is 2. The van der Waals surface area contributed by atoms with Crippen molar-refractivity contribution < 1.29 is 46.1 Å². The van der Waals surface area contributed by atoms with E-state index in [0.717, 1.165) is 0 Å². The van der Waals surface area contributed by atoms with Crippen LogP contribution in [0.2, 0.25) is 0 Å². The molecule has 0 saturated carbocycles. The normalized spacial score (nSPS) is 15.7. The van der Waals surface area contributed by atoms with Crippen LogP contribution in [-0.4, -0.2) is 3.21 Å². The van der Waals surface area contributed by atoms with Crippen LogP contribution in [0.4, 0.5) is 0 Å². The molecule has 0 N–H and O–H groups in total. The van der Waals surface area contributed by atoms with Crippen LogP contribution < -0.4 is 24.8 Å². The van der Waals surface area contributed by atoms with E-state index in [1.165, 1.54) is 39.0 Å². The van der Waals surface area contributed by atoms with E-state index in [0.29, 0.717) is 9.54 Å². The number of hydrogen-bond acceptors (Lipinski definition) is 0. The number of fused-ring (bicyclic) bond motifs is 3. The Hall–Kier alpha value is -2.31. The first-order chi connectivity index (χ1) is 18.4. The Morgan fingerprint density at radius 1 is 0.625 bits per heavy atom. The molecule has 0 fully saturated rings. The summed E-state index contributed by atoms with van der Waals surface area (Å²) in [5, 5.41) is 0. The molecular formula is C37H36Cl2Zr. The van der Waals surface area contributed by atoms with Crippen LogP contribution in [0.5, 0.6) is 0 Å². The van der Waals surface area contributed by atoms with Crippen molar-refractivity contribution in [3.63, 3.8) is 0 Å². The molecule has 1 unspecified atom stereocenters. The predicted molar refractivity (Wildman–Crippen MR) is 159 cm³/mol. The number of allylic oxidation sites excluding steroid dienone is 4. The van der Waals surface area contributed by atoms with Gasteiger partial charge in [0.15, 0.2) is 0 Å². The molecule has 1 atom stereocenters. The molecule has 0 heterocycles. The molecule has 0 amide bonds. The van der Waals surface area contributed by atoms with Gasteiger partial charge in [0.1, 0.15) is 0 Å². The Bertz CT molecular complexity index is 1520. The molecule has 202 valence electrons. The fraction of sp³-hybridized carbons (Fsp3) is 0.216. The van der Waals surface area contributed by atoms with Crippen molar-refractivity contribution >= 4 is 3.21 Å². The van der Waals surface area contributed by atoms with Crippen LogP contribution in [0.3, 0.4) is 0 Å². The van der Waals surface area contributed by atoms with Gasteiger partial charge in [-0.05, 0) is 0 Å². The zero-order valence-electron chi connectivity index (χ0n) is 23.9. The fourth-order valence-corrected chi connectivity index (χ4v) is 16.8. The molecule has 0 spiro atoms. The number of hydrogen-bond donors (Lipinski definition) is 0. The van der Waals surface area contributed by atoms with Crippen molar-refractivity contribution in [2.75, 3.05) is 0 Å². The first kappa shape index (κ1) is 30.6. The van der Waals surface area contributed by atoms with Crippen LogP contribution in [-0.2, 0) is 21.3 Å². The summed E-state index contributed by atoms with van der Waals surface area (Å²) in [6.07, 6.45) is 2.59. The Labute approximate surface area is 260 Å². The van der Waals surface area contributed by atoms with Gasteiger partial charge in [0, 0.05) is 0 Å². The van der Waals surface area contributed by atoms with E-state index in [9.17, 15) is 0 Å². The standard InChI is InChI=1S/C13H9.C13H10.C11H17.2ClH.Zr/c1-3-7-12-10(5-1)9-11-6-2-4-8-13(11)12;1-3-7-12(8-4-1)11-13-9-5-2-6-10-13;1-8-6-9(2)10(7-8)11(3,4)5;;;/h1-9H;1-10H;7-8H,1-5H3;2*1H;/q;;;;;+2/p-2. The van der Waals surface area contributed by atoms with Crippen molar-refractivity contribution in [1.82, 2.24) is 0 Å². The van der Waals surface area contributed by atoms with Gasteiger partial charge in [-0.15, -0.1) is 0 Å². The molecule has 2 aliphatic rings. The molecule has 4 aromatic carbocycles. The van der Waals surface area contributed by atoms with E-state index >= 15 is 0 Å². The summed E-state index contributed by atoms with van der Waals surface area (Å²) in [5.41, 5.74) is 12.0. The van der Waals surface area contributed by atoms with Crippen molar-refractivity contribution in [2.45, 2.75) is 38.2 Å². The van der Waals surface area contributed by atoms with Crippen LogP contribution in [0.15, 0.2) is 130 Å². The number of benzene rings is 4. The molecule has 0 saturated heterocycles. The molecule has 0 radical (unpaired) electrons. The molecule has 2 aliphatic carbocycles. The van der Waals surface area contributed by atoms with E-state index in [2.05, 4.69) is 150 Å². The molecular weight excluding hydrogens is 607 g/mol. The second-order valence-electron chi connectivity index (χ2n) is 11.8. The molecule has 0 bridgehead atoms. The van der Waals surface area contributed by atoms with E-state index < -0.39 is 21.3 Å². The third-order valence-corrected chi connectivity index (χ3v) is 17.5. The van der Waals surface area contributed by atoms with Gasteiger partial charge in [-0.25, -0.2) is 0 Å². The average molecular weight is 643 g/mol. The molecule has 40 heavy (non-hydrogen) atoms. The van der Waals surface area contributed by atoms with Crippen molar-refractivity contribution in [2.24, 2.45) is 11.3 Å². The molecule has 0 aliphatic heterocycles. The minimum absolute atomic E-state index is 0. The third kappa shape index (κ3) is 5.34. The predicted octanol–water partition coefficient (Wildman–Crippen LogP) is 3.55. The topological polar surface area (TPSA) is 0 Å². The van der Waals surface area contributed by atoms with Gasteiger partial charge >= 0.3 is 237 Å². The van der Waals surface area contributed by atoms with E-state index in [-0.39, 0.29) is 30.2 Å². The zero-order chi connectivity index (χ0) is 26.4. The van der Waals surface area contributed by atoms with Crippen molar-refractivity contribution in [3.05, 3.63) is 152 Å². The Morgan fingerprint density at radius 3 is 1.48 bits per heavy atom. The summed E-state index contributed by atoms with van der Waals surface area (Å²) >= 11 is -2.72. The molecule has 6 rings (SSSR count). The minimum atomic E-state index is -2.72. The molecule has 0 aromatic heterocycles. The largest absolute Gasteiger partial charge is 1.00 e. The summed E-state index contributed by atoms with van der Waals surface area (Å²) in [6, 6.07) is 41.0. The molecule has 0 nitrogen and oxygen atoms in total. The smallest absolute Gasteiger partial charge is 1.00 e. The summed E-state index contributed by atoms with van der Waals surface area (Å²) in [4.78, 5) is 0. The van der Waals surface area contributed by atoms with Crippen molar-refractivity contribution in [1.29, 1.82) is 0 Å². The van der Waals surface area contributed by atoms with Crippen molar-refractivity contribution in [3.8, 4) is 11.1 Å². The summed E-state index contributed by atoms with van der Waals surface area (Å²) in [6.45, 7) is 12.0. The SMILES string of the molecule is CC1=[C]([Zr+2](=[C](c2ccccc2)c2ccccc2)[CH]2c3ccccc3-c3ccccc32)C(C)C=C1C(C)(C)C.[Cl-].[Cl-]. The maximum absolute atomic E-state index is 2.72. The van der Waals surface area contributed by atoms with E-state index in [4.69, 9.17) is 0 Å². The van der Waals surface area contributed by atoms with Gasteiger partial charge in [-0.1, -0.05) is 0 Å². The second kappa shape index (κ2) is 12.3. The molecule has 3 heteroatoms. The minimum Gasteiger partial charge on any atom is -1.00 e. The average Bonchev–Trinajstić information content (AvgIpc) is 3.42. The van der Waals surface area contributed by atoms with Crippen LogP contribution in [0.25, 0.3) is 11.1 Å². The monoisotopic (exact) mass is 640 g/mol. The fourth-order valence-electron chi connectivity index (χ4n) is 6.79. The summed E-state index contributed by atoms with van der Waals surface area (Å²) in [7, 11) is 0. The maximum Gasteiger partial charge on any atom is -1.00 e. The number of rotatable bonds is 4.